The van der Waals surface area contributed by atoms with E-state index < -0.39 is 6.03 Å². The predicted octanol–water partition coefficient (Wildman–Crippen LogP) is 6.11. The number of benzene rings is 2. The summed E-state index contributed by atoms with van der Waals surface area (Å²) in [4.78, 5) is 19.6. The maximum atomic E-state index is 12.6. The van der Waals surface area contributed by atoms with E-state index >= 15 is 0 Å². The molecule has 0 saturated carbocycles. The number of halogens is 1. The molecule has 2 N–H and O–H groups in total. The van der Waals surface area contributed by atoms with Gasteiger partial charge in [-0.1, -0.05) is 61.8 Å². The number of hydrogen-bond donors (Lipinski definition) is 1. The maximum absolute atomic E-state index is 12.6. The van der Waals surface area contributed by atoms with Crippen molar-refractivity contribution in [2.75, 3.05) is 4.90 Å². The first-order chi connectivity index (χ1) is 13.0. The van der Waals surface area contributed by atoms with Gasteiger partial charge in [-0.3, -0.25) is 0 Å². The molecule has 4 nitrogen and oxygen atoms in total. The van der Waals surface area contributed by atoms with Gasteiger partial charge in [-0.25, -0.2) is 14.7 Å². The van der Waals surface area contributed by atoms with Crippen LogP contribution in [-0.4, -0.2) is 11.0 Å². The largest absolute Gasteiger partial charge is 0.351 e. The second kappa shape index (κ2) is 8.11. The number of anilines is 2. The van der Waals surface area contributed by atoms with Gasteiger partial charge >= 0.3 is 6.03 Å². The number of hydrogen-bond acceptors (Lipinski definition) is 3. The van der Waals surface area contributed by atoms with Gasteiger partial charge < -0.3 is 5.73 Å². The average Bonchev–Trinajstić information content (AvgIpc) is 3.03. The highest BCUT2D eigenvalue weighted by Crippen LogP contribution is 2.43. The Hall–Kier alpha value is -2.37. The lowest BCUT2D eigenvalue weighted by molar-refractivity contribution is 0.256. The van der Waals surface area contributed by atoms with Crippen molar-refractivity contribution < 1.29 is 4.79 Å². The number of amides is 2. The number of primary amides is 1. The minimum Gasteiger partial charge on any atom is -0.351 e. The topological polar surface area (TPSA) is 59.2 Å². The molecule has 0 unspecified atom stereocenters. The molecule has 6 heteroatoms. The zero-order valence-corrected chi connectivity index (χ0v) is 17.2. The third-order valence-corrected chi connectivity index (χ3v) is 5.78. The van der Waals surface area contributed by atoms with E-state index in [9.17, 15) is 4.79 Å². The van der Waals surface area contributed by atoms with Crippen LogP contribution in [0.1, 0.15) is 30.0 Å². The van der Waals surface area contributed by atoms with E-state index in [1.54, 1.807) is 4.90 Å². The lowest BCUT2D eigenvalue weighted by Crippen LogP contribution is -2.33. The quantitative estimate of drug-likeness (QED) is 0.562. The summed E-state index contributed by atoms with van der Waals surface area (Å²) >= 11 is 7.94. The lowest BCUT2D eigenvalue weighted by Gasteiger charge is -2.25. The molecule has 1 aromatic heterocycles. The SMILES string of the molecule is CCc1cccc(CC)c1N(C(N)=O)c1nc(C)sc1-c1ccccc1Cl. The fourth-order valence-corrected chi connectivity index (χ4v) is 4.44. The lowest BCUT2D eigenvalue weighted by atomic mass is 10.0. The number of para-hydroxylation sites is 1. The highest BCUT2D eigenvalue weighted by atomic mass is 35.5. The van der Waals surface area contributed by atoms with Crippen molar-refractivity contribution in [1.82, 2.24) is 4.98 Å². The Morgan fingerprint density at radius 2 is 1.74 bits per heavy atom. The normalized spacial score (nSPS) is 10.8. The molecule has 0 bridgehead atoms. The van der Waals surface area contributed by atoms with Crippen LogP contribution in [0.5, 0.6) is 0 Å². The van der Waals surface area contributed by atoms with Crippen LogP contribution in [-0.2, 0) is 12.8 Å². The highest BCUT2D eigenvalue weighted by Gasteiger charge is 2.27. The molecule has 1 heterocycles. The van der Waals surface area contributed by atoms with Crippen molar-refractivity contribution >= 4 is 40.5 Å². The monoisotopic (exact) mass is 399 g/mol. The van der Waals surface area contributed by atoms with Gasteiger partial charge in [0, 0.05) is 10.6 Å². The molecule has 0 aliphatic carbocycles. The summed E-state index contributed by atoms with van der Waals surface area (Å²) in [5.41, 5.74) is 9.65. The number of urea groups is 1. The predicted molar refractivity (Wildman–Crippen MR) is 114 cm³/mol. The van der Waals surface area contributed by atoms with Crippen LogP contribution in [0.25, 0.3) is 10.4 Å². The molecule has 3 rings (SSSR count). The summed E-state index contributed by atoms with van der Waals surface area (Å²) in [6.45, 7) is 6.05. The molecule has 140 valence electrons. The minimum absolute atomic E-state index is 0.536. The zero-order chi connectivity index (χ0) is 19.6. The number of thiazole rings is 1. The number of aromatic nitrogens is 1. The molecular formula is C21H22ClN3OS. The Labute approximate surface area is 168 Å². The number of nitrogens with two attached hydrogens (primary N) is 1. The van der Waals surface area contributed by atoms with Crippen LogP contribution < -0.4 is 10.6 Å². The number of carbonyl (C=O) groups excluding carboxylic acids is 1. The van der Waals surface area contributed by atoms with Gasteiger partial charge in [-0.05, 0) is 37.0 Å². The van der Waals surface area contributed by atoms with Gasteiger partial charge in [-0.2, -0.15) is 0 Å². The van der Waals surface area contributed by atoms with Gasteiger partial charge in [0.1, 0.15) is 0 Å². The second-order valence-corrected chi connectivity index (χ2v) is 7.78. The smallest absolute Gasteiger partial charge is 0.325 e. The summed E-state index contributed by atoms with van der Waals surface area (Å²) in [5.74, 6) is 0.536. The number of nitrogens with zero attached hydrogens (tertiary/aromatic N) is 2. The van der Waals surface area contributed by atoms with E-state index in [0.717, 1.165) is 45.1 Å². The fourth-order valence-electron chi connectivity index (χ4n) is 3.21. The number of aryl methyl sites for hydroxylation is 3. The standard InChI is InChI=1S/C21H22ClN3OS/c1-4-14-9-8-10-15(5-2)18(14)25(21(23)26)20-19(27-13(3)24-20)16-11-6-7-12-17(16)22/h6-12H,4-5H2,1-3H3,(H2,23,26). The van der Waals surface area contributed by atoms with Gasteiger partial charge in [0.15, 0.2) is 5.82 Å². The molecular weight excluding hydrogens is 378 g/mol. The average molecular weight is 400 g/mol. The Morgan fingerprint density at radius 3 is 2.30 bits per heavy atom. The van der Waals surface area contributed by atoms with Crippen molar-refractivity contribution in [2.45, 2.75) is 33.6 Å². The highest BCUT2D eigenvalue weighted by molar-refractivity contribution is 7.15. The van der Waals surface area contributed by atoms with E-state index in [1.807, 2.05) is 49.4 Å². The first-order valence-corrected chi connectivity index (χ1v) is 10.1. The Balaban J connectivity index is 2.29. The Morgan fingerprint density at radius 1 is 1.11 bits per heavy atom. The molecule has 0 aliphatic rings. The van der Waals surface area contributed by atoms with E-state index in [2.05, 4.69) is 18.8 Å². The Bertz CT molecular complexity index is 961. The minimum atomic E-state index is -0.552. The summed E-state index contributed by atoms with van der Waals surface area (Å²) < 4.78 is 0. The van der Waals surface area contributed by atoms with Crippen LogP contribution in [0.15, 0.2) is 42.5 Å². The zero-order valence-electron chi connectivity index (χ0n) is 15.6. The summed E-state index contributed by atoms with van der Waals surface area (Å²) in [6, 6.07) is 13.1. The van der Waals surface area contributed by atoms with E-state index in [4.69, 9.17) is 17.3 Å². The van der Waals surface area contributed by atoms with Crippen LogP contribution >= 0.6 is 22.9 Å². The van der Waals surface area contributed by atoms with Crippen LogP contribution in [0, 0.1) is 6.92 Å². The third-order valence-electron chi connectivity index (χ3n) is 4.46. The van der Waals surface area contributed by atoms with Crippen LogP contribution in [0.3, 0.4) is 0 Å². The molecule has 3 aromatic rings. The molecule has 2 aromatic carbocycles. The van der Waals surface area contributed by atoms with Gasteiger partial charge in [0.05, 0.1) is 15.6 Å². The van der Waals surface area contributed by atoms with Crippen LogP contribution in [0.4, 0.5) is 16.3 Å². The maximum Gasteiger partial charge on any atom is 0.325 e. The summed E-state index contributed by atoms with van der Waals surface area (Å²) in [7, 11) is 0. The van der Waals surface area contributed by atoms with E-state index in [1.165, 1.54) is 11.3 Å². The first kappa shape index (κ1) is 19.4. The first-order valence-electron chi connectivity index (χ1n) is 8.90. The molecule has 0 aliphatic heterocycles. The van der Waals surface area contributed by atoms with Crippen molar-refractivity contribution in [1.29, 1.82) is 0 Å². The third kappa shape index (κ3) is 3.70. The molecule has 0 atom stereocenters. The number of rotatable bonds is 5. The van der Waals surface area contributed by atoms with E-state index in [0.29, 0.717) is 10.8 Å². The van der Waals surface area contributed by atoms with Gasteiger partial charge in [-0.15, -0.1) is 11.3 Å². The molecule has 0 fully saturated rings. The molecule has 2 amide bonds. The van der Waals surface area contributed by atoms with Gasteiger partial charge in [0.25, 0.3) is 0 Å². The molecule has 0 spiro atoms. The van der Waals surface area contributed by atoms with Crippen molar-refractivity contribution in [3.63, 3.8) is 0 Å². The fraction of sp³-hybridized carbons (Fsp3) is 0.238. The van der Waals surface area contributed by atoms with Gasteiger partial charge in [0.2, 0.25) is 0 Å². The van der Waals surface area contributed by atoms with Crippen molar-refractivity contribution in [3.05, 3.63) is 63.6 Å². The molecule has 0 saturated heterocycles. The molecule has 27 heavy (non-hydrogen) atoms. The summed E-state index contributed by atoms with van der Waals surface area (Å²) in [5, 5.41) is 1.46. The van der Waals surface area contributed by atoms with E-state index in [-0.39, 0.29) is 0 Å². The summed E-state index contributed by atoms with van der Waals surface area (Å²) in [6.07, 6.45) is 1.58. The Kier molecular flexibility index (Phi) is 5.82. The second-order valence-electron chi connectivity index (χ2n) is 6.17. The van der Waals surface area contributed by atoms with Crippen LogP contribution in [0.2, 0.25) is 5.02 Å². The van der Waals surface area contributed by atoms with Crippen molar-refractivity contribution in [2.24, 2.45) is 5.73 Å². The van der Waals surface area contributed by atoms with Crippen molar-refractivity contribution in [3.8, 4) is 10.4 Å². The number of carbonyl (C=O) groups is 1. The molecule has 0 radical (unpaired) electrons.